The summed E-state index contributed by atoms with van der Waals surface area (Å²) in [6.45, 7) is 0.855. The first-order valence-electron chi connectivity index (χ1n) is 7.05. The van der Waals surface area contributed by atoms with Gasteiger partial charge in [-0.05, 0) is 0 Å². The van der Waals surface area contributed by atoms with Gasteiger partial charge in [-0.1, -0.05) is 0 Å². The summed E-state index contributed by atoms with van der Waals surface area (Å²) in [5.74, 6) is -1.63. The summed E-state index contributed by atoms with van der Waals surface area (Å²) in [6, 6.07) is 0. The maximum atomic E-state index is 11.3. The summed E-state index contributed by atoms with van der Waals surface area (Å²) in [7, 11) is -2.23. The molecule has 4 N–H and O–H groups in total. The third kappa shape index (κ3) is 3.14. The van der Waals surface area contributed by atoms with Crippen LogP contribution < -0.4 is 5.73 Å². The van der Waals surface area contributed by atoms with Crippen molar-refractivity contribution in [3.05, 3.63) is 12.7 Å². The molecular weight excluding hydrogens is 341 g/mol. The van der Waals surface area contributed by atoms with E-state index < -0.39 is 25.7 Å². The highest BCUT2D eigenvalue weighted by atomic mass is 31.2. The second-order valence-corrected chi connectivity index (χ2v) is 7.39. The molecule has 4 atom stereocenters. The van der Waals surface area contributed by atoms with Gasteiger partial charge in [0.25, 0.3) is 5.91 Å². The minimum Gasteiger partial charge on any atom is -0.382 e. The number of nitrogens with zero attached hydrogens (tertiary/aromatic N) is 4. The van der Waals surface area contributed by atoms with Crippen molar-refractivity contribution in [3.63, 3.8) is 0 Å². The number of nitrogen functional groups attached to an aromatic ring is 1. The van der Waals surface area contributed by atoms with E-state index in [1.807, 2.05) is 0 Å². The topological polar surface area (TPSA) is 155 Å². The molecule has 2 aromatic heterocycles. The Bertz CT molecular complexity index is 793. The number of hydrogen-bond acceptors (Lipinski definition) is 9. The van der Waals surface area contributed by atoms with Gasteiger partial charge in [-0.3, -0.25) is 9.13 Å². The van der Waals surface area contributed by atoms with Crippen molar-refractivity contribution >= 4 is 24.6 Å². The lowest BCUT2D eigenvalue weighted by Gasteiger charge is -2.24. The zero-order chi connectivity index (χ0) is 17.5. The minimum atomic E-state index is -3.68. The fourth-order valence-corrected chi connectivity index (χ4v) is 3.04. The first kappa shape index (κ1) is 17.2. The molecule has 0 bridgehead atoms. The van der Waals surface area contributed by atoms with Gasteiger partial charge < -0.3 is 29.7 Å². The average molecular weight is 359 g/mol. The molecular formula is C12H18N5O6P. The van der Waals surface area contributed by atoms with Gasteiger partial charge in [-0.2, -0.15) is 0 Å². The van der Waals surface area contributed by atoms with Crippen molar-refractivity contribution in [2.45, 2.75) is 24.5 Å². The quantitative estimate of drug-likeness (QED) is 0.603. The number of nitrogens with two attached hydrogens (primary N) is 1. The zero-order valence-electron chi connectivity index (χ0n) is 13.1. The van der Waals surface area contributed by atoms with E-state index in [9.17, 15) is 14.6 Å². The summed E-state index contributed by atoms with van der Waals surface area (Å²) in [5.41, 5.74) is 6.36. The Morgan fingerprint density at radius 3 is 2.96 bits per heavy atom. The Labute approximate surface area is 136 Å². The van der Waals surface area contributed by atoms with Crippen LogP contribution in [0.1, 0.15) is 6.42 Å². The largest absolute Gasteiger partial charge is 0.382 e. The molecule has 1 saturated heterocycles. The maximum absolute atomic E-state index is 11.3. The number of anilines is 1. The van der Waals surface area contributed by atoms with Crippen LogP contribution in [0.4, 0.5) is 5.82 Å². The number of fused-ring (bicyclic) bond motifs is 1. The number of rotatable bonds is 5. The van der Waals surface area contributed by atoms with Crippen LogP contribution in [-0.4, -0.2) is 62.1 Å². The summed E-state index contributed by atoms with van der Waals surface area (Å²) in [5, 5.41) is 10.9. The van der Waals surface area contributed by atoms with Crippen LogP contribution >= 0.6 is 7.60 Å². The molecule has 2 unspecified atom stereocenters. The van der Waals surface area contributed by atoms with Gasteiger partial charge in [0.05, 0.1) is 19.1 Å². The van der Waals surface area contributed by atoms with E-state index in [1.165, 1.54) is 24.3 Å². The normalized spacial score (nSPS) is 29.8. The summed E-state index contributed by atoms with van der Waals surface area (Å²) < 4.78 is 28.4. The zero-order valence-corrected chi connectivity index (χ0v) is 14.0. The van der Waals surface area contributed by atoms with Crippen LogP contribution in [0.2, 0.25) is 0 Å². The van der Waals surface area contributed by atoms with Gasteiger partial charge in [0.2, 0.25) is 0 Å². The number of aliphatic hydroxyl groups is 1. The van der Waals surface area contributed by atoms with Crippen LogP contribution in [0.15, 0.2) is 12.7 Å². The molecule has 3 heterocycles. The lowest BCUT2D eigenvalue weighted by molar-refractivity contribution is -0.253. The number of hydrogen-bond donors (Lipinski definition) is 3. The molecule has 1 fully saturated rings. The van der Waals surface area contributed by atoms with Gasteiger partial charge >= 0.3 is 7.60 Å². The van der Waals surface area contributed by atoms with Crippen LogP contribution in [0, 0.1) is 0 Å². The van der Waals surface area contributed by atoms with E-state index in [1.54, 1.807) is 0 Å². The Morgan fingerprint density at radius 1 is 1.54 bits per heavy atom. The first-order valence-corrected chi connectivity index (χ1v) is 9.08. The van der Waals surface area contributed by atoms with Gasteiger partial charge in [-0.25, -0.2) is 15.0 Å². The van der Waals surface area contributed by atoms with Crippen LogP contribution in [-0.2, 0) is 24.5 Å². The number of aromatic nitrogens is 4. The fraction of sp³-hybridized carbons (Fsp3) is 0.583. The van der Waals surface area contributed by atoms with Gasteiger partial charge in [-0.15, -0.1) is 0 Å². The molecule has 12 heteroatoms. The van der Waals surface area contributed by atoms with Gasteiger partial charge in [0.1, 0.15) is 24.3 Å². The first-order chi connectivity index (χ1) is 11.2. The smallest absolute Gasteiger partial charge is 0.325 e. The van der Waals surface area contributed by atoms with E-state index >= 15 is 0 Å². The van der Waals surface area contributed by atoms with Crippen molar-refractivity contribution in [2.24, 2.45) is 0 Å². The maximum Gasteiger partial charge on any atom is 0.325 e. The summed E-state index contributed by atoms with van der Waals surface area (Å²) >= 11 is 0. The predicted molar refractivity (Wildman–Crippen MR) is 81.9 cm³/mol. The van der Waals surface area contributed by atoms with Gasteiger partial charge in [0, 0.05) is 13.8 Å². The molecule has 0 aliphatic carbocycles. The molecule has 0 amide bonds. The Hall–Kier alpha value is -1.62. The Morgan fingerprint density at radius 2 is 2.29 bits per heavy atom. The van der Waals surface area contributed by atoms with E-state index in [-0.39, 0.29) is 18.8 Å². The number of methoxy groups -OCH3 is 1. The SMILES string of the molecule is CO[C@@H]1C[C@](O)(n2cnc3c(N)ncnc32)OC1COP(C)(=O)O. The standard InChI is InChI=1S/C12H18N5O6P/c1-21-7-3-12(18,23-8(7)4-22-24(2,19)20)17-6-16-9-10(13)14-5-15-11(9)17/h5-8,18H,3-4H2,1-2H3,(H,19,20)(H2,13,14,15)/t7-,8?,12-/m1/s1. The van der Waals surface area contributed by atoms with E-state index in [4.69, 9.17) is 19.7 Å². The molecule has 11 nitrogen and oxygen atoms in total. The monoisotopic (exact) mass is 359 g/mol. The predicted octanol–water partition coefficient (Wildman–Crippen LogP) is -0.353. The van der Waals surface area contributed by atoms with E-state index in [2.05, 4.69) is 15.0 Å². The number of imidazole rings is 1. The third-order valence-corrected chi connectivity index (χ3v) is 4.37. The Kier molecular flexibility index (Phi) is 4.32. The molecule has 0 spiro atoms. The summed E-state index contributed by atoms with van der Waals surface area (Å²) in [6.07, 6.45) is 1.33. The third-order valence-electron chi connectivity index (χ3n) is 3.74. The highest BCUT2D eigenvalue weighted by molar-refractivity contribution is 7.51. The Balaban J connectivity index is 1.89. The minimum absolute atomic E-state index is 0.0480. The van der Waals surface area contributed by atoms with E-state index in [0.29, 0.717) is 11.2 Å². The van der Waals surface area contributed by atoms with Crippen molar-refractivity contribution in [3.8, 4) is 0 Å². The molecule has 0 aromatic carbocycles. The molecule has 24 heavy (non-hydrogen) atoms. The fourth-order valence-electron chi connectivity index (χ4n) is 2.61. The number of ether oxygens (including phenoxy) is 2. The molecule has 2 aromatic rings. The van der Waals surface area contributed by atoms with Crippen molar-refractivity contribution < 1.29 is 28.6 Å². The highest BCUT2D eigenvalue weighted by Crippen LogP contribution is 2.41. The molecule has 132 valence electrons. The molecule has 3 rings (SSSR count). The molecule has 0 radical (unpaired) electrons. The molecule has 1 aliphatic heterocycles. The highest BCUT2D eigenvalue weighted by Gasteiger charge is 2.48. The van der Waals surface area contributed by atoms with Crippen LogP contribution in [0.5, 0.6) is 0 Å². The van der Waals surface area contributed by atoms with Crippen molar-refractivity contribution in [1.82, 2.24) is 19.5 Å². The van der Waals surface area contributed by atoms with Crippen LogP contribution in [0.3, 0.4) is 0 Å². The molecule has 0 saturated carbocycles. The van der Waals surface area contributed by atoms with Crippen molar-refractivity contribution in [1.29, 1.82) is 0 Å². The second-order valence-electron chi connectivity index (χ2n) is 5.52. The van der Waals surface area contributed by atoms with Crippen molar-refractivity contribution in [2.75, 3.05) is 26.1 Å². The second kappa shape index (κ2) is 6.03. The average Bonchev–Trinajstić information content (AvgIpc) is 3.07. The lowest BCUT2D eigenvalue weighted by atomic mass is 10.1. The lowest BCUT2D eigenvalue weighted by Crippen LogP contribution is -2.34. The van der Waals surface area contributed by atoms with Gasteiger partial charge in [0.15, 0.2) is 11.5 Å². The van der Waals surface area contributed by atoms with Crippen LogP contribution in [0.25, 0.3) is 11.2 Å². The summed E-state index contributed by atoms with van der Waals surface area (Å²) in [4.78, 5) is 21.2. The van der Waals surface area contributed by atoms with E-state index in [0.717, 1.165) is 6.66 Å². The molecule has 1 aliphatic rings.